The maximum Gasteiger partial charge on any atom is 0.307 e. The van der Waals surface area contributed by atoms with Crippen LogP contribution in [0.5, 0.6) is 0 Å². The number of hydrogen-bond acceptors (Lipinski definition) is 5. The summed E-state index contributed by atoms with van der Waals surface area (Å²) in [5.41, 5.74) is 12.8. The third kappa shape index (κ3) is 6.86. The van der Waals surface area contributed by atoms with Gasteiger partial charge in [0, 0.05) is 13.0 Å². The summed E-state index contributed by atoms with van der Waals surface area (Å²) in [4.78, 5) is 11.1. The van der Waals surface area contributed by atoms with Crippen molar-refractivity contribution >= 4 is 11.8 Å². The predicted molar refractivity (Wildman–Crippen MR) is 121 cm³/mol. The number of hydrazine groups is 1. The van der Waals surface area contributed by atoms with E-state index in [1.54, 1.807) is 0 Å². The first-order valence-corrected chi connectivity index (χ1v) is 10.3. The van der Waals surface area contributed by atoms with Crippen molar-refractivity contribution in [2.75, 3.05) is 0 Å². The molecule has 3 rings (SSSR count). The smallest absolute Gasteiger partial charge is 0.307 e. The van der Waals surface area contributed by atoms with Gasteiger partial charge in [-0.2, -0.15) is 5.10 Å². The average Bonchev–Trinajstić information content (AvgIpc) is 3.30. The SMILES string of the molecule is Cc1ccc(-c2ccc(CN)cc2)cc1.N/N=C(/CC(C(=O)O)C1CCCC1)NN. The lowest BCUT2D eigenvalue weighted by atomic mass is 9.88. The van der Waals surface area contributed by atoms with Gasteiger partial charge in [-0.3, -0.25) is 4.79 Å². The normalized spacial score (nSPS) is 15.2. The molecule has 0 heterocycles. The van der Waals surface area contributed by atoms with Gasteiger partial charge in [0.2, 0.25) is 0 Å². The van der Waals surface area contributed by atoms with E-state index in [9.17, 15) is 4.79 Å². The van der Waals surface area contributed by atoms with E-state index in [2.05, 4.69) is 66.0 Å². The van der Waals surface area contributed by atoms with Crippen LogP contribution in [0.1, 0.15) is 43.2 Å². The first-order valence-electron chi connectivity index (χ1n) is 10.3. The second kappa shape index (κ2) is 11.9. The number of nitrogens with two attached hydrogens (primary N) is 3. The highest BCUT2D eigenvalue weighted by atomic mass is 16.4. The van der Waals surface area contributed by atoms with Crippen LogP contribution < -0.4 is 22.8 Å². The molecule has 2 aromatic rings. The number of aryl methyl sites for hydroxylation is 1. The van der Waals surface area contributed by atoms with Gasteiger partial charge in [-0.25, -0.2) is 5.84 Å². The van der Waals surface area contributed by atoms with Gasteiger partial charge in [0.05, 0.1) is 5.92 Å². The van der Waals surface area contributed by atoms with Crippen LogP contribution in [0.25, 0.3) is 11.1 Å². The molecule has 1 aliphatic carbocycles. The molecule has 8 N–H and O–H groups in total. The van der Waals surface area contributed by atoms with Gasteiger partial charge in [-0.05, 0) is 42.4 Å². The molecule has 0 aromatic heterocycles. The van der Waals surface area contributed by atoms with E-state index in [-0.39, 0.29) is 12.3 Å². The maximum atomic E-state index is 11.1. The van der Waals surface area contributed by atoms with Crippen molar-refractivity contribution in [1.29, 1.82) is 0 Å². The molecule has 0 amide bonds. The molecule has 0 spiro atoms. The Balaban J connectivity index is 0.000000214. The Labute approximate surface area is 178 Å². The summed E-state index contributed by atoms with van der Waals surface area (Å²) < 4.78 is 0. The van der Waals surface area contributed by atoms with Crippen LogP contribution in [0.4, 0.5) is 0 Å². The summed E-state index contributed by atoms with van der Waals surface area (Å²) >= 11 is 0. The summed E-state index contributed by atoms with van der Waals surface area (Å²) in [5, 5.41) is 12.5. The molecule has 30 heavy (non-hydrogen) atoms. The lowest BCUT2D eigenvalue weighted by molar-refractivity contribution is -0.143. The molecular formula is C23H33N5O2. The number of nitrogens with one attached hydrogen (secondary N) is 1. The molecule has 1 unspecified atom stereocenters. The largest absolute Gasteiger partial charge is 0.481 e. The quantitative estimate of drug-likeness (QED) is 0.214. The fraction of sp³-hybridized carbons (Fsp3) is 0.391. The topological polar surface area (TPSA) is 140 Å². The molecule has 0 radical (unpaired) electrons. The number of aliphatic carboxylic acids is 1. The van der Waals surface area contributed by atoms with Crippen LogP contribution in [-0.2, 0) is 11.3 Å². The minimum Gasteiger partial charge on any atom is -0.481 e. The van der Waals surface area contributed by atoms with E-state index in [4.69, 9.17) is 22.5 Å². The first kappa shape index (κ1) is 23.4. The van der Waals surface area contributed by atoms with E-state index >= 15 is 0 Å². The van der Waals surface area contributed by atoms with E-state index in [1.165, 1.54) is 22.3 Å². The fourth-order valence-electron chi connectivity index (χ4n) is 3.75. The highest BCUT2D eigenvalue weighted by Gasteiger charge is 2.31. The number of rotatable bonds is 6. The molecule has 162 valence electrons. The predicted octanol–water partition coefficient (Wildman–Crippen LogP) is 3.12. The third-order valence-electron chi connectivity index (χ3n) is 5.60. The Bertz CT molecular complexity index is 812. The van der Waals surface area contributed by atoms with Crippen LogP contribution in [0.15, 0.2) is 53.6 Å². The van der Waals surface area contributed by atoms with Crippen molar-refractivity contribution in [3.63, 3.8) is 0 Å². The average molecular weight is 412 g/mol. The molecule has 1 fully saturated rings. The molecule has 1 atom stereocenters. The molecule has 1 saturated carbocycles. The van der Waals surface area contributed by atoms with Crippen molar-refractivity contribution < 1.29 is 9.90 Å². The summed E-state index contributed by atoms with van der Waals surface area (Å²) in [6.07, 6.45) is 4.45. The van der Waals surface area contributed by atoms with Crippen LogP contribution >= 0.6 is 0 Å². The zero-order chi connectivity index (χ0) is 21.9. The maximum absolute atomic E-state index is 11.1. The van der Waals surface area contributed by atoms with Crippen molar-refractivity contribution in [1.82, 2.24) is 5.43 Å². The molecule has 2 aromatic carbocycles. The number of nitrogens with zero attached hydrogens (tertiary/aromatic N) is 1. The Hall–Kier alpha value is -2.90. The third-order valence-corrected chi connectivity index (χ3v) is 5.60. The monoisotopic (exact) mass is 411 g/mol. The molecule has 0 bridgehead atoms. The standard InChI is InChI=1S/C14H15N.C9H18N4O2/c1-11-2-6-13(7-3-11)14-8-4-12(10-15)5-9-14;10-12-8(13-11)5-7(9(14)15)6-3-1-2-4-6/h2-9H,10,15H2,1H3;6-7H,1-5,10-11H2,(H,12,13)(H,14,15). The summed E-state index contributed by atoms with van der Waals surface area (Å²) in [6.45, 7) is 2.70. The van der Waals surface area contributed by atoms with Crippen molar-refractivity contribution in [2.45, 2.75) is 45.6 Å². The minimum atomic E-state index is -0.793. The molecular weight excluding hydrogens is 378 g/mol. The van der Waals surface area contributed by atoms with E-state index in [0.29, 0.717) is 12.4 Å². The van der Waals surface area contributed by atoms with Gasteiger partial charge < -0.3 is 22.1 Å². The van der Waals surface area contributed by atoms with Crippen LogP contribution in [-0.4, -0.2) is 16.9 Å². The fourth-order valence-corrected chi connectivity index (χ4v) is 3.75. The minimum absolute atomic E-state index is 0.229. The van der Waals surface area contributed by atoms with Gasteiger partial charge in [0.25, 0.3) is 0 Å². The van der Waals surface area contributed by atoms with E-state index in [0.717, 1.165) is 25.7 Å². The molecule has 7 nitrogen and oxygen atoms in total. The van der Waals surface area contributed by atoms with Gasteiger partial charge in [0.15, 0.2) is 0 Å². The molecule has 7 heteroatoms. The van der Waals surface area contributed by atoms with Gasteiger partial charge in [0.1, 0.15) is 5.84 Å². The second-order valence-corrected chi connectivity index (χ2v) is 7.68. The summed E-state index contributed by atoms with van der Waals surface area (Å²) in [6, 6.07) is 16.9. The lowest BCUT2D eigenvalue weighted by Gasteiger charge is -2.19. The number of carboxylic acids is 1. The Morgan fingerprint density at radius 1 is 1.10 bits per heavy atom. The molecule has 1 aliphatic rings. The highest BCUT2D eigenvalue weighted by molar-refractivity contribution is 5.86. The van der Waals surface area contributed by atoms with Crippen molar-refractivity contribution in [3.8, 4) is 11.1 Å². The first-order chi connectivity index (χ1) is 14.5. The van der Waals surface area contributed by atoms with Crippen LogP contribution in [0.2, 0.25) is 0 Å². The highest BCUT2D eigenvalue weighted by Crippen LogP contribution is 2.33. The van der Waals surface area contributed by atoms with Crippen LogP contribution in [0, 0.1) is 18.8 Å². The van der Waals surface area contributed by atoms with Crippen molar-refractivity contribution in [3.05, 3.63) is 59.7 Å². The number of hydrogen-bond donors (Lipinski definition) is 5. The number of hydrazone groups is 1. The zero-order valence-electron chi connectivity index (χ0n) is 17.6. The van der Waals surface area contributed by atoms with Crippen LogP contribution in [0.3, 0.4) is 0 Å². The second-order valence-electron chi connectivity index (χ2n) is 7.68. The lowest BCUT2D eigenvalue weighted by Crippen LogP contribution is -2.36. The van der Waals surface area contributed by atoms with E-state index < -0.39 is 11.9 Å². The Kier molecular flexibility index (Phi) is 9.31. The summed E-state index contributed by atoms with van der Waals surface area (Å²) in [5.74, 6) is 9.61. The van der Waals surface area contributed by atoms with Gasteiger partial charge >= 0.3 is 5.97 Å². The number of amidine groups is 1. The Morgan fingerprint density at radius 2 is 1.63 bits per heavy atom. The number of benzene rings is 2. The van der Waals surface area contributed by atoms with Gasteiger partial charge in [-0.15, -0.1) is 0 Å². The molecule has 0 aliphatic heterocycles. The Morgan fingerprint density at radius 3 is 2.07 bits per heavy atom. The number of carbonyl (C=O) groups is 1. The van der Waals surface area contributed by atoms with Gasteiger partial charge in [-0.1, -0.05) is 66.9 Å². The zero-order valence-corrected chi connectivity index (χ0v) is 17.6. The van der Waals surface area contributed by atoms with Crippen molar-refractivity contribution in [2.24, 2.45) is 34.4 Å². The van der Waals surface area contributed by atoms with E-state index in [1.807, 2.05) is 0 Å². The summed E-state index contributed by atoms with van der Waals surface area (Å²) in [7, 11) is 0. The number of carboxylic acid groups (broad SMARTS) is 1. The molecule has 0 saturated heterocycles.